The summed E-state index contributed by atoms with van der Waals surface area (Å²) in [7, 11) is 1.55. The molecule has 4 aromatic rings. The fraction of sp³-hybridized carbons (Fsp3) is 0.182. The molecule has 0 aliphatic heterocycles. The van der Waals surface area contributed by atoms with Crippen molar-refractivity contribution in [1.82, 2.24) is 5.43 Å². The molecule has 1 amide bonds. The molecular weight excluding hydrogens is 536 g/mol. The minimum Gasteiger partial charge on any atom is -0.497 e. The Labute approximate surface area is 244 Å². The molecular formula is C33H32N2O7. The quantitative estimate of drug-likeness (QED) is 0.0939. The van der Waals surface area contributed by atoms with Crippen LogP contribution in [0.3, 0.4) is 0 Å². The zero-order chi connectivity index (χ0) is 29.7. The summed E-state index contributed by atoms with van der Waals surface area (Å²) >= 11 is 0. The maximum Gasteiger partial charge on any atom is 0.343 e. The third-order valence-electron chi connectivity index (χ3n) is 5.94. The first-order chi connectivity index (χ1) is 20.4. The SMILES string of the molecule is CCOc1cc(C=NNC(=O)C(C)Oc2ccc(OCc3ccccc3)cc2)ccc1OC(=O)c1ccc(OC)cc1. The molecule has 1 N–H and O–H groups in total. The Morgan fingerprint density at radius 2 is 1.52 bits per heavy atom. The lowest BCUT2D eigenvalue weighted by Gasteiger charge is -2.14. The van der Waals surface area contributed by atoms with Gasteiger partial charge in [0.15, 0.2) is 17.6 Å². The standard InChI is InChI=1S/C33H32N2O7/c1-4-39-31-20-25(10-19-30(31)42-33(37)26-11-13-27(38-3)14-12-26)21-34-35-32(36)23(2)41-29-17-15-28(16-18-29)40-22-24-8-6-5-7-9-24/h5-21,23H,4,22H2,1-3H3,(H,35,36). The minimum absolute atomic E-state index is 0.261. The highest BCUT2D eigenvalue weighted by Crippen LogP contribution is 2.29. The first kappa shape index (κ1) is 29.7. The van der Waals surface area contributed by atoms with Crippen LogP contribution in [0.4, 0.5) is 0 Å². The van der Waals surface area contributed by atoms with Crippen LogP contribution in [0.1, 0.15) is 35.3 Å². The third kappa shape index (κ3) is 8.59. The van der Waals surface area contributed by atoms with E-state index in [-0.39, 0.29) is 5.75 Å². The summed E-state index contributed by atoms with van der Waals surface area (Å²) in [6, 6.07) is 28.5. The van der Waals surface area contributed by atoms with Crippen LogP contribution >= 0.6 is 0 Å². The number of hydrogen-bond donors (Lipinski definition) is 1. The Morgan fingerprint density at radius 3 is 2.21 bits per heavy atom. The maximum atomic E-state index is 12.6. The van der Waals surface area contributed by atoms with Gasteiger partial charge in [-0.1, -0.05) is 30.3 Å². The molecule has 0 radical (unpaired) electrons. The zero-order valence-electron chi connectivity index (χ0n) is 23.6. The van der Waals surface area contributed by atoms with Gasteiger partial charge in [0.2, 0.25) is 0 Å². The van der Waals surface area contributed by atoms with Crippen LogP contribution in [0.25, 0.3) is 0 Å². The zero-order valence-corrected chi connectivity index (χ0v) is 23.6. The number of benzene rings is 4. The summed E-state index contributed by atoms with van der Waals surface area (Å²) in [6.07, 6.45) is 0.665. The number of carbonyl (C=O) groups excluding carboxylic acids is 2. The van der Waals surface area contributed by atoms with Crippen molar-refractivity contribution in [3.05, 3.63) is 114 Å². The Hall–Kier alpha value is -5.31. The van der Waals surface area contributed by atoms with Crippen molar-refractivity contribution in [2.24, 2.45) is 5.10 Å². The average molecular weight is 569 g/mol. The number of amides is 1. The Kier molecular flexibility index (Phi) is 10.5. The smallest absolute Gasteiger partial charge is 0.343 e. The second kappa shape index (κ2) is 14.9. The van der Waals surface area contributed by atoms with Gasteiger partial charge >= 0.3 is 5.97 Å². The highest BCUT2D eigenvalue weighted by molar-refractivity contribution is 5.92. The van der Waals surface area contributed by atoms with Crippen molar-refractivity contribution >= 4 is 18.1 Å². The van der Waals surface area contributed by atoms with E-state index in [2.05, 4.69) is 10.5 Å². The van der Waals surface area contributed by atoms with Gasteiger partial charge in [0.25, 0.3) is 5.91 Å². The summed E-state index contributed by atoms with van der Waals surface area (Å²) in [4.78, 5) is 25.1. The van der Waals surface area contributed by atoms with Crippen molar-refractivity contribution in [3.63, 3.8) is 0 Å². The maximum absolute atomic E-state index is 12.6. The van der Waals surface area contributed by atoms with Gasteiger partial charge in [-0.05, 0) is 91.7 Å². The number of nitrogens with one attached hydrogen (secondary N) is 1. The topological polar surface area (TPSA) is 105 Å². The van der Waals surface area contributed by atoms with Gasteiger partial charge in [0.1, 0.15) is 23.9 Å². The van der Waals surface area contributed by atoms with Gasteiger partial charge < -0.3 is 23.7 Å². The van der Waals surface area contributed by atoms with Gasteiger partial charge in [-0.3, -0.25) is 4.79 Å². The number of esters is 1. The molecule has 4 aromatic carbocycles. The molecule has 9 heteroatoms. The Bertz CT molecular complexity index is 1490. The molecule has 1 unspecified atom stereocenters. The number of ether oxygens (including phenoxy) is 5. The Balaban J connectivity index is 1.29. The van der Waals surface area contributed by atoms with Crippen molar-refractivity contribution in [1.29, 1.82) is 0 Å². The second-order valence-corrected chi connectivity index (χ2v) is 9.00. The lowest BCUT2D eigenvalue weighted by atomic mass is 10.2. The van der Waals surface area contributed by atoms with E-state index >= 15 is 0 Å². The molecule has 0 bridgehead atoms. The number of hydrazone groups is 1. The minimum atomic E-state index is -0.794. The number of methoxy groups -OCH3 is 1. The molecule has 42 heavy (non-hydrogen) atoms. The van der Waals surface area contributed by atoms with Crippen LogP contribution in [-0.2, 0) is 11.4 Å². The summed E-state index contributed by atoms with van der Waals surface area (Å²) in [6.45, 7) is 4.27. The van der Waals surface area contributed by atoms with Crippen LogP contribution in [0.15, 0.2) is 102 Å². The fourth-order valence-electron chi connectivity index (χ4n) is 3.72. The first-order valence-electron chi connectivity index (χ1n) is 13.3. The van der Waals surface area contributed by atoms with Crippen LogP contribution in [0.2, 0.25) is 0 Å². The van der Waals surface area contributed by atoms with Crippen LogP contribution < -0.4 is 29.1 Å². The largest absolute Gasteiger partial charge is 0.497 e. The molecule has 0 saturated heterocycles. The molecule has 1 atom stereocenters. The molecule has 0 saturated carbocycles. The normalized spacial score (nSPS) is 11.4. The summed E-state index contributed by atoms with van der Waals surface area (Å²) in [5, 5.41) is 4.03. The lowest BCUT2D eigenvalue weighted by molar-refractivity contribution is -0.127. The van der Waals surface area contributed by atoms with Crippen molar-refractivity contribution in [2.75, 3.05) is 13.7 Å². The van der Waals surface area contributed by atoms with Crippen LogP contribution in [0, 0.1) is 0 Å². The van der Waals surface area contributed by atoms with E-state index < -0.39 is 18.0 Å². The van der Waals surface area contributed by atoms with Crippen LogP contribution in [0.5, 0.6) is 28.7 Å². The van der Waals surface area contributed by atoms with Crippen LogP contribution in [-0.4, -0.2) is 37.9 Å². The predicted molar refractivity (Wildman–Crippen MR) is 159 cm³/mol. The van der Waals surface area contributed by atoms with Gasteiger partial charge in [-0.25, -0.2) is 10.2 Å². The van der Waals surface area contributed by atoms with E-state index in [0.717, 1.165) is 5.56 Å². The van der Waals surface area contributed by atoms with Gasteiger partial charge in [-0.2, -0.15) is 5.10 Å². The summed E-state index contributed by atoms with van der Waals surface area (Å²) < 4.78 is 27.8. The summed E-state index contributed by atoms with van der Waals surface area (Å²) in [5.74, 6) is 1.52. The monoisotopic (exact) mass is 568 g/mol. The van der Waals surface area contributed by atoms with E-state index in [1.165, 1.54) is 6.21 Å². The van der Waals surface area contributed by atoms with Gasteiger partial charge in [0.05, 0.1) is 25.5 Å². The number of nitrogens with zero attached hydrogens (tertiary/aromatic N) is 1. The number of rotatable bonds is 13. The van der Waals surface area contributed by atoms with E-state index in [1.807, 2.05) is 37.3 Å². The Morgan fingerprint density at radius 1 is 0.833 bits per heavy atom. The third-order valence-corrected chi connectivity index (χ3v) is 5.94. The molecule has 4 rings (SSSR count). The molecule has 0 heterocycles. The van der Waals surface area contributed by atoms with E-state index in [9.17, 15) is 9.59 Å². The number of carbonyl (C=O) groups is 2. The van der Waals surface area contributed by atoms with Crippen molar-refractivity contribution < 1.29 is 33.3 Å². The van der Waals surface area contributed by atoms with E-state index in [0.29, 0.717) is 47.3 Å². The highest BCUT2D eigenvalue weighted by Gasteiger charge is 2.15. The van der Waals surface area contributed by atoms with E-state index in [1.54, 1.807) is 80.8 Å². The summed E-state index contributed by atoms with van der Waals surface area (Å²) in [5.41, 5.74) is 4.54. The predicted octanol–water partition coefficient (Wildman–Crippen LogP) is 5.81. The second-order valence-electron chi connectivity index (χ2n) is 9.00. The molecule has 9 nitrogen and oxygen atoms in total. The highest BCUT2D eigenvalue weighted by atomic mass is 16.6. The molecule has 216 valence electrons. The van der Waals surface area contributed by atoms with Crippen molar-refractivity contribution in [2.45, 2.75) is 26.6 Å². The molecule has 0 spiro atoms. The van der Waals surface area contributed by atoms with Gasteiger partial charge in [0, 0.05) is 0 Å². The number of hydrogen-bond acceptors (Lipinski definition) is 8. The fourth-order valence-corrected chi connectivity index (χ4v) is 3.72. The molecule has 0 fully saturated rings. The first-order valence-corrected chi connectivity index (χ1v) is 13.3. The molecule has 0 aliphatic carbocycles. The van der Waals surface area contributed by atoms with Gasteiger partial charge in [-0.15, -0.1) is 0 Å². The molecule has 0 aliphatic rings. The lowest BCUT2D eigenvalue weighted by Crippen LogP contribution is -2.33. The van der Waals surface area contributed by atoms with E-state index in [4.69, 9.17) is 23.7 Å². The van der Waals surface area contributed by atoms with Crippen molar-refractivity contribution in [3.8, 4) is 28.7 Å². The average Bonchev–Trinajstić information content (AvgIpc) is 3.02. The molecule has 0 aromatic heterocycles.